The number of hydrogen-bond donors (Lipinski definition) is 3. The van der Waals surface area contributed by atoms with Gasteiger partial charge in [-0.25, -0.2) is 19.1 Å². The summed E-state index contributed by atoms with van der Waals surface area (Å²) in [5.74, 6) is 0.169. The van der Waals surface area contributed by atoms with E-state index in [9.17, 15) is 27.6 Å². The Hall–Kier alpha value is -5.87. The van der Waals surface area contributed by atoms with Crippen LogP contribution >= 0.6 is 11.6 Å². The molecule has 0 aliphatic heterocycles. The summed E-state index contributed by atoms with van der Waals surface area (Å²) in [6.45, 7) is 3.21. The number of pyridine rings is 2. The van der Waals surface area contributed by atoms with Crippen LogP contribution in [0.4, 0.5) is 24.8 Å². The molecule has 13 nitrogen and oxygen atoms in total. The zero-order chi connectivity index (χ0) is 39.9. The summed E-state index contributed by atoms with van der Waals surface area (Å²) < 4.78 is 44.3. The molecule has 0 radical (unpaired) electrons. The first kappa shape index (κ1) is 38.4. The van der Waals surface area contributed by atoms with Gasteiger partial charge in [-0.1, -0.05) is 23.7 Å². The summed E-state index contributed by atoms with van der Waals surface area (Å²) in [6, 6.07) is 16.7. The van der Waals surface area contributed by atoms with Gasteiger partial charge in [-0.2, -0.15) is 23.1 Å². The zero-order valence-corrected chi connectivity index (χ0v) is 31.7. The SMILES string of the molecule is CNC(=O)CCNc1nc(=O)n(-c2cc(C3CC3c3ccc4c(NCCN(C)C)nc(=O)n(-c5cccnc5C)c4c3)ccc2Cl)c2nc(C(F)(F)F)ccc12. The highest BCUT2D eigenvalue weighted by atomic mass is 35.5. The van der Waals surface area contributed by atoms with Crippen molar-refractivity contribution in [3.05, 3.63) is 115 Å². The molecule has 1 amide bonds. The summed E-state index contributed by atoms with van der Waals surface area (Å²) in [6.07, 6.45) is -2.37. The minimum atomic E-state index is -4.79. The largest absolute Gasteiger partial charge is 0.433 e. The van der Waals surface area contributed by atoms with Crippen LogP contribution < -0.4 is 27.3 Å². The number of likely N-dealkylation sites (N-methyl/N-ethyl adjacent to an activating group) is 1. The number of fused-ring (bicyclic) bond motifs is 2. The minimum Gasteiger partial charge on any atom is -0.369 e. The lowest BCUT2D eigenvalue weighted by Gasteiger charge is -2.17. The summed E-state index contributed by atoms with van der Waals surface area (Å²) in [5.41, 5.74) is 0.983. The summed E-state index contributed by atoms with van der Waals surface area (Å²) >= 11 is 6.67. The molecular formula is C39H38ClF3N10O3. The molecule has 7 rings (SSSR count). The van der Waals surface area contributed by atoms with Crippen LogP contribution in [0.5, 0.6) is 0 Å². The molecular weight excluding hydrogens is 749 g/mol. The average molecular weight is 787 g/mol. The van der Waals surface area contributed by atoms with Crippen molar-refractivity contribution in [1.82, 2.24) is 39.3 Å². The standard InChI is InChI=1S/C39H38ClF3N10O3/c1-21-29(6-5-14-45-21)52-30-18-22(7-9-24(30)34(49-37(52)55)47-16-17-51(3)4)26-20-27(26)23-8-11-28(40)31(19-23)53-36-25(10-12-32(48-36)39(41,42)43)35(50-38(53)56)46-15-13-33(54)44-2/h5-12,14,18-19,26-27H,13,15-17,20H2,1-4H3,(H,44,54)(H,46,50,56)(H,47,49,55). The first-order chi connectivity index (χ1) is 26.7. The Bertz CT molecular complexity index is 2610. The van der Waals surface area contributed by atoms with Gasteiger partial charge in [0.2, 0.25) is 5.91 Å². The lowest BCUT2D eigenvalue weighted by Crippen LogP contribution is -2.26. The maximum atomic E-state index is 13.9. The highest BCUT2D eigenvalue weighted by Gasteiger charge is 2.40. The van der Waals surface area contributed by atoms with Gasteiger partial charge in [0, 0.05) is 44.7 Å². The number of alkyl halides is 3. The van der Waals surface area contributed by atoms with E-state index in [1.54, 1.807) is 29.0 Å². The molecule has 1 aliphatic carbocycles. The number of amides is 1. The summed E-state index contributed by atoms with van der Waals surface area (Å²) in [4.78, 5) is 57.9. The second kappa shape index (κ2) is 15.3. The number of carbonyl (C=O) groups excluding carboxylic acids is 1. The van der Waals surface area contributed by atoms with Gasteiger partial charge in [0.25, 0.3) is 0 Å². The van der Waals surface area contributed by atoms with Crippen molar-refractivity contribution in [3.63, 3.8) is 0 Å². The number of nitrogens with zero attached hydrogens (tertiary/aromatic N) is 7. The van der Waals surface area contributed by atoms with E-state index in [2.05, 4.69) is 35.9 Å². The summed E-state index contributed by atoms with van der Waals surface area (Å²) in [5, 5.41) is 9.69. The number of halogens is 4. The van der Waals surface area contributed by atoms with Gasteiger partial charge in [0.1, 0.15) is 17.3 Å². The van der Waals surface area contributed by atoms with Crippen molar-refractivity contribution in [2.24, 2.45) is 0 Å². The molecule has 56 heavy (non-hydrogen) atoms. The van der Waals surface area contributed by atoms with E-state index in [-0.39, 0.29) is 58.3 Å². The van der Waals surface area contributed by atoms with Gasteiger partial charge in [0.05, 0.1) is 33.0 Å². The van der Waals surface area contributed by atoms with Gasteiger partial charge in [0.15, 0.2) is 5.65 Å². The normalized spacial score (nSPS) is 15.4. The van der Waals surface area contributed by atoms with E-state index >= 15 is 0 Å². The summed E-state index contributed by atoms with van der Waals surface area (Å²) in [7, 11) is 5.40. The third-order valence-corrected chi connectivity index (χ3v) is 10.1. The van der Waals surface area contributed by atoms with E-state index in [1.165, 1.54) is 13.1 Å². The van der Waals surface area contributed by atoms with Gasteiger partial charge < -0.3 is 20.9 Å². The van der Waals surface area contributed by atoms with E-state index in [0.717, 1.165) is 40.1 Å². The number of rotatable bonds is 12. The second-order valence-corrected chi connectivity index (χ2v) is 14.3. The molecule has 2 aromatic carbocycles. The molecule has 1 saturated carbocycles. The Morgan fingerprint density at radius 3 is 2.23 bits per heavy atom. The van der Waals surface area contributed by atoms with Crippen molar-refractivity contribution >= 4 is 51.1 Å². The van der Waals surface area contributed by atoms with Crippen LogP contribution in [0, 0.1) is 6.92 Å². The Kier molecular flexibility index (Phi) is 10.5. The van der Waals surface area contributed by atoms with Crippen molar-refractivity contribution in [2.75, 3.05) is 51.4 Å². The predicted octanol–water partition coefficient (Wildman–Crippen LogP) is 5.65. The highest BCUT2D eigenvalue weighted by molar-refractivity contribution is 6.32. The van der Waals surface area contributed by atoms with E-state index in [0.29, 0.717) is 29.3 Å². The number of aryl methyl sites for hydroxylation is 1. The van der Waals surface area contributed by atoms with Crippen LogP contribution in [0.25, 0.3) is 33.3 Å². The van der Waals surface area contributed by atoms with Crippen LogP contribution in [-0.2, 0) is 11.0 Å². The van der Waals surface area contributed by atoms with E-state index in [4.69, 9.17) is 11.6 Å². The van der Waals surface area contributed by atoms with Crippen LogP contribution in [0.1, 0.15) is 47.2 Å². The minimum absolute atomic E-state index is 0.0107. The van der Waals surface area contributed by atoms with Gasteiger partial charge in [-0.3, -0.25) is 14.3 Å². The molecule has 290 valence electrons. The maximum Gasteiger partial charge on any atom is 0.433 e. The molecule has 0 spiro atoms. The number of nitrogens with one attached hydrogen (secondary N) is 3. The lowest BCUT2D eigenvalue weighted by molar-refractivity contribution is -0.141. The molecule has 17 heteroatoms. The van der Waals surface area contributed by atoms with E-state index in [1.807, 2.05) is 56.3 Å². The van der Waals surface area contributed by atoms with Crippen molar-refractivity contribution in [3.8, 4) is 11.4 Å². The Balaban J connectivity index is 1.28. The van der Waals surface area contributed by atoms with Gasteiger partial charge in [-0.15, -0.1) is 0 Å². The van der Waals surface area contributed by atoms with Crippen LogP contribution in [0.15, 0.2) is 76.4 Å². The molecule has 1 aliphatic rings. The maximum absolute atomic E-state index is 13.9. The van der Waals surface area contributed by atoms with Crippen LogP contribution in [0.2, 0.25) is 5.02 Å². The molecule has 0 saturated heterocycles. The Morgan fingerprint density at radius 2 is 1.54 bits per heavy atom. The second-order valence-electron chi connectivity index (χ2n) is 13.8. The average Bonchev–Trinajstić information content (AvgIpc) is 3.96. The number of hydrogen-bond acceptors (Lipinski definition) is 10. The molecule has 6 aromatic rings. The molecule has 3 N–H and O–H groups in total. The first-order valence-electron chi connectivity index (χ1n) is 17.9. The van der Waals surface area contributed by atoms with Crippen molar-refractivity contribution < 1.29 is 18.0 Å². The van der Waals surface area contributed by atoms with Crippen molar-refractivity contribution in [1.29, 1.82) is 0 Å². The molecule has 4 heterocycles. The molecule has 2 atom stereocenters. The zero-order valence-electron chi connectivity index (χ0n) is 30.9. The Labute approximate surface area is 323 Å². The fourth-order valence-corrected chi connectivity index (χ4v) is 7.05. The Morgan fingerprint density at radius 1 is 0.875 bits per heavy atom. The van der Waals surface area contributed by atoms with Crippen LogP contribution in [0.3, 0.4) is 0 Å². The van der Waals surface area contributed by atoms with Gasteiger partial charge in [-0.05, 0) is 98.9 Å². The predicted molar refractivity (Wildman–Crippen MR) is 209 cm³/mol. The molecule has 1 fully saturated rings. The molecule has 0 bridgehead atoms. The molecule has 4 aromatic heterocycles. The highest BCUT2D eigenvalue weighted by Crippen LogP contribution is 2.55. The van der Waals surface area contributed by atoms with Gasteiger partial charge >= 0.3 is 17.6 Å². The van der Waals surface area contributed by atoms with Crippen molar-refractivity contribution in [2.45, 2.75) is 37.8 Å². The first-order valence-corrected chi connectivity index (χ1v) is 18.3. The number of benzene rings is 2. The third kappa shape index (κ3) is 7.66. The lowest BCUT2D eigenvalue weighted by atomic mass is 10.0. The fraction of sp³-hybridized carbons (Fsp3) is 0.308. The topological polar surface area (TPSA) is 152 Å². The smallest absolute Gasteiger partial charge is 0.369 e. The third-order valence-electron chi connectivity index (χ3n) is 9.80. The van der Waals surface area contributed by atoms with E-state index < -0.39 is 23.2 Å². The number of carbonyl (C=O) groups is 1. The van der Waals surface area contributed by atoms with Crippen LogP contribution in [-0.4, -0.2) is 80.7 Å². The number of anilines is 2. The fourth-order valence-electron chi connectivity index (χ4n) is 6.84. The quantitative estimate of drug-likeness (QED) is 0.142. The monoisotopic (exact) mass is 786 g/mol. The number of aromatic nitrogens is 6. The molecule has 2 unspecified atom stereocenters.